The summed E-state index contributed by atoms with van der Waals surface area (Å²) in [4.78, 5) is 12.1. The number of halogens is 3. The number of hydrogen-bond acceptors (Lipinski definition) is 1. The highest BCUT2D eigenvalue weighted by Gasteiger charge is 2.34. The summed E-state index contributed by atoms with van der Waals surface area (Å²) in [5.41, 5.74) is 0. The molecule has 0 aromatic rings. The lowest BCUT2D eigenvalue weighted by Crippen LogP contribution is -2.48. The lowest BCUT2D eigenvalue weighted by molar-refractivity contribution is -0.142. The number of rotatable bonds is 4. The molecule has 0 aromatic heterocycles. The van der Waals surface area contributed by atoms with E-state index in [0.717, 1.165) is 4.90 Å². The fraction of sp³-hybridized carbons (Fsp3) is 0.889. The Labute approximate surface area is 87.6 Å². The maximum Gasteiger partial charge on any atom is 0.406 e. The van der Waals surface area contributed by atoms with Gasteiger partial charge in [0.05, 0.1) is 0 Å². The number of urea groups is 1. The Hall–Kier alpha value is -0.940. The van der Waals surface area contributed by atoms with Crippen molar-refractivity contribution in [2.75, 3.05) is 13.1 Å². The van der Waals surface area contributed by atoms with E-state index in [4.69, 9.17) is 0 Å². The van der Waals surface area contributed by atoms with Crippen molar-refractivity contribution < 1.29 is 18.0 Å². The standard InChI is InChI=1S/C9H17F3N2O/c1-4-5-13-8(15)14(7(2)3)6-9(10,11)12/h7H,4-6H2,1-3H3,(H,13,15). The molecule has 0 unspecified atom stereocenters. The Bertz CT molecular complexity index is 204. The predicted octanol–water partition coefficient (Wildman–Crippen LogP) is 2.38. The third-order valence-electron chi connectivity index (χ3n) is 1.76. The van der Waals surface area contributed by atoms with Gasteiger partial charge in [-0.3, -0.25) is 0 Å². The van der Waals surface area contributed by atoms with Gasteiger partial charge in [0, 0.05) is 12.6 Å². The summed E-state index contributed by atoms with van der Waals surface area (Å²) in [6, 6.07) is -1.13. The molecule has 0 atom stereocenters. The fourth-order valence-corrected chi connectivity index (χ4v) is 1.02. The van der Waals surface area contributed by atoms with Crippen molar-refractivity contribution in [2.45, 2.75) is 39.4 Å². The number of nitrogens with one attached hydrogen (secondary N) is 1. The average Bonchev–Trinajstić information content (AvgIpc) is 2.08. The highest BCUT2D eigenvalue weighted by molar-refractivity contribution is 5.74. The van der Waals surface area contributed by atoms with Crippen LogP contribution in [0.2, 0.25) is 0 Å². The molecule has 0 spiro atoms. The first-order valence-corrected chi connectivity index (χ1v) is 4.89. The van der Waals surface area contributed by atoms with E-state index < -0.39 is 24.8 Å². The second kappa shape index (κ2) is 5.82. The summed E-state index contributed by atoms with van der Waals surface area (Å²) in [6.45, 7) is 4.12. The Morgan fingerprint density at radius 2 is 1.93 bits per heavy atom. The van der Waals surface area contributed by atoms with E-state index in [9.17, 15) is 18.0 Å². The van der Waals surface area contributed by atoms with Crippen LogP contribution in [0.5, 0.6) is 0 Å². The Morgan fingerprint density at radius 3 is 2.27 bits per heavy atom. The van der Waals surface area contributed by atoms with E-state index in [0.29, 0.717) is 13.0 Å². The number of hydrogen-bond donors (Lipinski definition) is 1. The highest BCUT2D eigenvalue weighted by atomic mass is 19.4. The van der Waals surface area contributed by atoms with Crippen LogP contribution in [-0.4, -0.2) is 36.2 Å². The van der Waals surface area contributed by atoms with E-state index in [1.807, 2.05) is 6.92 Å². The van der Waals surface area contributed by atoms with E-state index in [-0.39, 0.29) is 0 Å². The molecule has 90 valence electrons. The quantitative estimate of drug-likeness (QED) is 0.784. The molecule has 0 saturated carbocycles. The minimum atomic E-state index is -4.35. The molecule has 0 fully saturated rings. The monoisotopic (exact) mass is 226 g/mol. The van der Waals surface area contributed by atoms with Crippen LogP contribution in [0, 0.1) is 0 Å². The smallest absolute Gasteiger partial charge is 0.338 e. The molecular weight excluding hydrogens is 209 g/mol. The SMILES string of the molecule is CCCNC(=O)N(CC(F)(F)F)C(C)C. The van der Waals surface area contributed by atoms with Crippen molar-refractivity contribution in [1.82, 2.24) is 10.2 Å². The second-order valence-corrected chi connectivity index (χ2v) is 3.57. The van der Waals surface area contributed by atoms with Crippen LogP contribution in [-0.2, 0) is 0 Å². The zero-order valence-electron chi connectivity index (χ0n) is 9.19. The molecule has 2 amide bonds. The van der Waals surface area contributed by atoms with Crippen LogP contribution >= 0.6 is 0 Å². The van der Waals surface area contributed by atoms with E-state index in [2.05, 4.69) is 5.32 Å². The Kier molecular flexibility index (Phi) is 5.46. The molecule has 0 rings (SSSR count). The summed E-state index contributed by atoms with van der Waals surface area (Å²) in [5.74, 6) is 0. The van der Waals surface area contributed by atoms with Gasteiger partial charge in [-0.15, -0.1) is 0 Å². The topological polar surface area (TPSA) is 32.3 Å². The van der Waals surface area contributed by atoms with Crippen molar-refractivity contribution >= 4 is 6.03 Å². The summed E-state index contributed by atoms with van der Waals surface area (Å²) in [5, 5.41) is 2.42. The van der Waals surface area contributed by atoms with Gasteiger partial charge in [-0.1, -0.05) is 6.92 Å². The molecule has 0 aliphatic rings. The molecule has 6 heteroatoms. The van der Waals surface area contributed by atoms with Gasteiger partial charge in [-0.2, -0.15) is 13.2 Å². The predicted molar refractivity (Wildman–Crippen MR) is 51.6 cm³/mol. The molecule has 0 aromatic carbocycles. The van der Waals surface area contributed by atoms with Crippen LogP contribution < -0.4 is 5.32 Å². The van der Waals surface area contributed by atoms with Crippen LogP contribution in [0.4, 0.5) is 18.0 Å². The molecule has 0 saturated heterocycles. The van der Waals surface area contributed by atoms with Gasteiger partial charge < -0.3 is 10.2 Å². The first-order chi connectivity index (χ1) is 6.78. The van der Waals surface area contributed by atoms with E-state index in [1.165, 1.54) is 0 Å². The zero-order chi connectivity index (χ0) is 12.1. The third-order valence-corrected chi connectivity index (χ3v) is 1.76. The second-order valence-electron chi connectivity index (χ2n) is 3.57. The molecule has 0 aliphatic heterocycles. The lowest BCUT2D eigenvalue weighted by Gasteiger charge is -2.27. The maximum atomic E-state index is 12.1. The van der Waals surface area contributed by atoms with Gasteiger partial charge in [0.2, 0.25) is 0 Å². The summed E-state index contributed by atoms with van der Waals surface area (Å²) in [6.07, 6.45) is -3.66. The van der Waals surface area contributed by atoms with Crippen molar-refractivity contribution in [3.8, 4) is 0 Å². The number of amides is 2. The summed E-state index contributed by atoms with van der Waals surface area (Å²) in [7, 11) is 0. The largest absolute Gasteiger partial charge is 0.406 e. The van der Waals surface area contributed by atoms with Crippen LogP contribution in [0.15, 0.2) is 0 Å². The lowest BCUT2D eigenvalue weighted by atomic mass is 10.3. The first kappa shape index (κ1) is 14.1. The molecule has 15 heavy (non-hydrogen) atoms. The molecule has 1 N–H and O–H groups in total. The minimum Gasteiger partial charge on any atom is -0.338 e. The number of nitrogens with zero attached hydrogens (tertiary/aromatic N) is 1. The Morgan fingerprint density at radius 1 is 1.40 bits per heavy atom. The number of carbonyl (C=O) groups excluding carboxylic acids is 1. The number of carbonyl (C=O) groups is 1. The molecule has 0 heterocycles. The number of alkyl halides is 3. The molecule has 0 bridgehead atoms. The molecule has 0 radical (unpaired) electrons. The van der Waals surface area contributed by atoms with Gasteiger partial charge in [0.25, 0.3) is 0 Å². The van der Waals surface area contributed by atoms with Crippen molar-refractivity contribution in [3.63, 3.8) is 0 Å². The maximum absolute atomic E-state index is 12.1. The van der Waals surface area contributed by atoms with Crippen molar-refractivity contribution in [3.05, 3.63) is 0 Å². The van der Waals surface area contributed by atoms with Gasteiger partial charge in [0.15, 0.2) is 0 Å². The minimum absolute atomic E-state index is 0.389. The molecule has 3 nitrogen and oxygen atoms in total. The van der Waals surface area contributed by atoms with Crippen LogP contribution in [0.1, 0.15) is 27.2 Å². The molecular formula is C9H17F3N2O. The highest BCUT2D eigenvalue weighted by Crippen LogP contribution is 2.17. The van der Waals surface area contributed by atoms with E-state index >= 15 is 0 Å². The third kappa shape index (κ3) is 6.19. The Balaban J connectivity index is 4.33. The van der Waals surface area contributed by atoms with Gasteiger partial charge >= 0.3 is 12.2 Å². The summed E-state index contributed by atoms with van der Waals surface area (Å²) >= 11 is 0. The van der Waals surface area contributed by atoms with Crippen molar-refractivity contribution in [1.29, 1.82) is 0 Å². The van der Waals surface area contributed by atoms with Gasteiger partial charge in [0.1, 0.15) is 6.54 Å². The average molecular weight is 226 g/mol. The van der Waals surface area contributed by atoms with Crippen LogP contribution in [0.25, 0.3) is 0 Å². The van der Waals surface area contributed by atoms with Crippen LogP contribution in [0.3, 0.4) is 0 Å². The van der Waals surface area contributed by atoms with Gasteiger partial charge in [-0.25, -0.2) is 4.79 Å². The molecule has 0 aliphatic carbocycles. The van der Waals surface area contributed by atoms with Gasteiger partial charge in [-0.05, 0) is 20.3 Å². The zero-order valence-corrected chi connectivity index (χ0v) is 9.19. The normalized spacial score (nSPS) is 11.7. The summed E-state index contributed by atoms with van der Waals surface area (Å²) < 4.78 is 36.4. The van der Waals surface area contributed by atoms with E-state index in [1.54, 1.807) is 13.8 Å². The fourth-order valence-electron chi connectivity index (χ4n) is 1.02. The first-order valence-electron chi connectivity index (χ1n) is 4.89. The van der Waals surface area contributed by atoms with Crippen molar-refractivity contribution in [2.24, 2.45) is 0 Å².